The van der Waals surface area contributed by atoms with Crippen LogP contribution in [0.1, 0.15) is 45.1 Å². The monoisotopic (exact) mass is 248 g/mol. The summed E-state index contributed by atoms with van der Waals surface area (Å²) >= 11 is 0. The van der Waals surface area contributed by atoms with Gasteiger partial charge in [-0.3, -0.25) is 0 Å². The molecule has 18 heavy (non-hydrogen) atoms. The lowest BCUT2D eigenvalue weighted by Gasteiger charge is -2.12. The quantitative estimate of drug-likeness (QED) is 0.813. The van der Waals surface area contributed by atoms with Crippen LogP contribution in [0.4, 0.5) is 10.5 Å². The van der Waals surface area contributed by atoms with Gasteiger partial charge in [-0.2, -0.15) is 0 Å². The van der Waals surface area contributed by atoms with Crippen molar-refractivity contribution in [3.63, 3.8) is 0 Å². The van der Waals surface area contributed by atoms with Crippen molar-refractivity contribution >= 4 is 11.7 Å². The topological polar surface area (TPSA) is 41.1 Å². The lowest BCUT2D eigenvalue weighted by molar-refractivity contribution is 0.248. The van der Waals surface area contributed by atoms with Gasteiger partial charge in [-0.05, 0) is 31.9 Å². The van der Waals surface area contributed by atoms with Crippen molar-refractivity contribution in [2.24, 2.45) is 0 Å². The fourth-order valence-corrected chi connectivity index (χ4v) is 2.06. The molecule has 2 N–H and O–H groups in total. The molecule has 3 nitrogen and oxygen atoms in total. The van der Waals surface area contributed by atoms with E-state index in [0.29, 0.717) is 6.04 Å². The first kappa shape index (κ1) is 14.6. The minimum absolute atomic E-state index is 0.0873. The summed E-state index contributed by atoms with van der Waals surface area (Å²) in [5.74, 6) is 0. The summed E-state index contributed by atoms with van der Waals surface area (Å²) in [7, 11) is 0. The van der Waals surface area contributed by atoms with Crippen molar-refractivity contribution < 1.29 is 4.79 Å². The molecule has 0 bridgehead atoms. The van der Waals surface area contributed by atoms with E-state index in [0.717, 1.165) is 18.5 Å². The van der Waals surface area contributed by atoms with Crippen LogP contribution in [0.5, 0.6) is 0 Å². The molecule has 0 atom stereocenters. The number of amides is 2. The molecule has 0 aromatic heterocycles. The first-order valence-electron chi connectivity index (χ1n) is 6.88. The average Bonchev–Trinajstić information content (AvgIpc) is 2.87. The molecule has 3 heteroatoms. The number of aryl methyl sites for hydroxylation is 1. The Morgan fingerprint density at radius 2 is 1.67 bits per heavy atom. The summed E-state index contributed by atoms with van der Waals surface area (Å²) in [6.45, 7) is 6.03. The highest BCUT2D eigenvalue weighted by Crippen LogP contribution is 2.17. The number of carbonyl (C=O) groups excluding carboxylic acids is 1. The summed E-state index contributed by atoms with van der Waals surface area (Å²) in [5, 5.41) is 5.84. The van der Waals surface area contributed by atoms with E-state index in [-0.39, 0.29) is 6.03 Å². The Morgan fingerprint density at radius 3 is 2.22 bits per heavy atom. The summed E-state index contributed by atoms with van der Waals surface area (Å²) in [4.78, 5) is 11.6. The third-order valence-electron chi connectivity index (χ3n) is 3.00. The lowest BCUT2D eigenvalue weighted by Crippen LogP contribution is -2.36. The Labute approximate surface area is 110 Å². The van der Waals surface area contributed by atoms with Crippen LogP contribution in [-0.2, 0) is 0 Å². The maximum atomic E-state index is 11.6. The second-order valence-corrected chi connectivity index (χ2v) is 4.45. The van der Waals surface area contributed by atoms with Gasteiger partial charge >= 0.3 is 6.03 Å². The minimum atomic E-state index is -0.0873. The second kappa shape index (κ2) is 7.75. The van der Waals surface area contributed by atoms with Gasteiger partial charge in [0.1, 0.15) is 0 Å². The van der Waals surface area contributed by atoms with Crippen LogP contribution < -0.4 is 10.6 Å². The normalized spacial score (nSPS) is 14.6. The zero-order chi connectivity index (χ0) is 13.4. The molecular weight excluding hydrogens is 224 g/mol. The number of nitrogens with one attached hydrogen (secondary N) is 2. The molecule has 0 spiro atoms. The predicted molar refractivity (Wildman–Crippen MR) is 76.9 cm³/mol. The summed E-state index contributed by atoms with van der Waals surface area (Å²) in [5.41, 5.74) is 2.04. The molecule has 0 aliphatic heterocycles. The van der Waals surface area contributed by atoms with E-state index in [9.17, 15) is 4.79 Å². The molecule has 100 valence electrons. The third-order valence-corrected chi connectivity index (χ3v) is 3.00. The van der Waals surface area contributed by atoms with E-state index >= 15 is 0 Å². The molecule has 2 amide bonds. The van der Waals surface area contributed by atoms with Crippen LogP contribution in [-0.4, -0.2) is 12.1 Å². The second-order valence-electron chi connectivity index (χ2n) is 4.45. The molecular formula is C15H24N2O. The van der Waals surface area contributed by atoms with Crippen molar-refractivity contribution in [3.05, 3.63) is 29.8 Å². The Morgan fingerprint density at radius 1 is 1.11 bits per heavy atom. The number of benzene rings is 1. The zero-order valence-corrected chi connectivity index (χ0v) is 11.6. The van der Waals surface area contributed by atoms with Gasteiger partial charge in [-0.15, -0.1) is 0 Å². The minimum Gasteiger partial charge on any atom is -0.335 e. The van der Waals surface area contributed by atoms with Gasteiger partial charge in [0, 0.05) is 11.7 Å². The van der Waals surface area contributed by atoms with Gasteiger partial charge in [-0.25, -0.2) is 4.79 Å². The SMILES string of the molecule is CC.Cc1ccc(NC(=O)NC2CCCC2)cc1. The standard InChI is InChI=1S/C13H18N2O.C2H6/c1-10-6-8-12(9-7-10)15-13(16)14-11-4-2-3-5-11;1-2/h6-9,11H,2-5H2,1H3,(H2,14,15,16);1-2H3. The molecule has 2 rings (SSSR count). The molecule has 0 saturated heterocycles. The van der Waals surface area contributed by atoms with Crippen molar-refractivity contribution in [1.29, 1.82) is 0 Å². The maximum Gasteiger partial charge on any atom is 0.319 e. The summed E-state index contributed by atoms with van der Waals surface area (Å²) < 4.78 is 0. The highest BCUT2D eigenvalue weighted by molar-refractivity contribution is 5.89. The molecule has 0 heterocycles. The third kappa shape index (κ3) is 4.78. The van der Waals surface area contributed by atoms with Crippen LogP contribution in [0.2, 0.25) is 0 Å². The molecule has 1 aliphatic rings. The molecule has 1 saturated carbocycles. The van der Waals surface area contributed by atoms with E-state index in [4.69, 9.17) is 0 Å². The van der Waals surface area contributed by atoms with Crippen LogP contribution >= 0.6 is 0 Å². The molecule has 0 radical (unpaired) electrons. The molecule has 0 unspecified atom stereocenters. The van der Waals surface area contributed by atoms with Gasteiger partial charge in [0.2, 0.25) is 0 Å². The Kier molecular flexibility index (Phi) is 6.26. The number of urea groups is 1. The molecule has 1 fully saturated rings. The predicted octanol–water partition coefficient (Wildman–Crippen LogP) is 4.09. The number of hydrogen-bond donors (Lipinski definition) is 2. The number of carbonyl (C=O) groups is 1. The summed E-state index contributed by atoms with van der Waals surface area (Å²) in [6, 6.07) is 8.10. The highest BCUT2D eigenvalue weighted by atomic mass is 16.2. The van der Waals surface area contributed by atoms with Crippen molar-refractivity contribution in [2.75, 3.05) is 5.32 Å². The lowest BCUT2D eigenvalue weighted by atomic mass is 10.2. The average molecular weight is 248 g/mol. The largest absolute Gasteiger partial charge is 0.335 e. The fourth-order valence-electron chi connectivity index (χ4n) is 2.06. The van der Waals surface area contributed by atoms with Crippen molar-refractivity contribution in [2.45, 2.75) is 52.5 Å². The van der Waals surface area contributed by atoms with Crippen LogP contribution in [0.15, 0.2) is 24.3 Å². The molecule has 1 aromatic carbocycles. The fraction of sp³-hybridized carbons (Fsp3) is 0.533. The Bertz CT molecular complexity index is 353. The van der Waals surface area contributed by atoms with Crippen molar-refractivity contribution in [3.8, 4) is 0 Å². The van der Waals surface area contributed by atoms with E-state index in [1.54, 1.807) is 0 Å². The first-order chi connectivity index (χ1) is 8.74. The van der Waals surface area contributed by atoms with Crippen molar-refractivity contribution in [1.82, 2.24) is 5.32 Å². The van der Waals surface area contributed by atoms with Gasteiger partial charge in [0.15, 0.2) is 0 Å². The van der Waals surface area contributed by atoms with E-state index in [1.807, 2.05) is 45.0 Å². The molecule has 1 aromatic rings. The number of hydrogen-bond acceptors (Lipinski definition) is 1. The smallest absolute Gasteiger partial charge is 0.319 e. The Hall–Kier alpha value is -1.51. The zero-order valence-electron chi connectivity index (χ0n) is 11.6. The first-order valence-corrected chi connectivity index (χ1v) is 6.88. The van der Waals surface area contributed by atoms with E-state index in [2.05, 4.69) is 10.6 Å². The van der Waals surface area contributed by atoms with Gasteiger partial charge in [0.25, 0.3) is 0 Å². The number of anilines is 1. The summed E-state index contributed by atoms with van der Waals surface area (Å²) in [6.07, 6.45) is 4.69. The van der Waals surface area contributed by atoms with Gasteiger partial charge < -0.3 is 10.6 Å². The number of rotatable bonds is 2. The Balaban J connectivity index is 0.000000771. The van der Waals surface area contributed by atoms with Crippen LogP contribution in [0.25, 0.3) is 0 Å². The van der Waals surface area contributed by atoms with Gasteiger partial charge in [-0.1, -0.05) is 44.4 Å². The van der Waals surface area contributed by atoms with Crippen LogP contribution in [0.3, 0.4) is 0 Å². The highest BCUT2D eigenvalue weighted by Gasteiger charge is 2.16. The van der Waals surface area contributed by atoms with E-state index < -0.39 is 0 Å². The maximum absolute atomic E-state index is 11.6. The molecule has 1 aliphatic carbocycles. The van der Waals surface area contributed by atoms with E-state index in [1.165, 1.54) is 18.4 Å². The van der Waals surface area contributed by atoms with Gasteiger partial charge in [0.05, 0.1) is 0 Å². The van der Waals surface area contributed by atoms with Crippen LogP contribution in [0, 0.1) is 6.92 Å².